The van der Waals surface area contributed by atoms with Gasteiger partial charge in [-0.15, -0.1) is 0 Å². The maximum Gasteiger partial charge on any atom is 0.0241 e. The van der Waals surface area contributed by atoms with E-state index in [9.17, 15) is 0 Å². The van der Waals surface area contributed by atoms with Crippen LogP contribution in [0.5, 0.6) is 0 Å². The van der Waals surface area contributed by atoms with Gasteiger partial charge >= 0.3 is 0 Å². The largest absolute Gasteiger partial charge is 0.311 e. The van der Waals surface area contributed by atoms with Crippen LogP contribution in [0.15, 0.2) is 0 Å². The van der Waals surface area contributed by atoms with Crippen LogP contribution in [0.25, 0.3) is 0 Å². The van der Waals surface area contributed by atoms with Crippen LogP contribution in [0.3, 0.4) is 0 Å². The lowest BCUT2D eigenvalue weighted by atomic mass is 9.81. The van der Waals surface area contributed by atoms with E-state index in [0.717, 1.165) is 49.6 Å². The first-order valence-corrected chi connectivity index (χ1v) is 10.4. The Balaban J connectivity index is 4.63. The minimum Gasteiger partial charge on any atom is -0.311 e. The Bertz CT molecular complexity index is 278. The summed E-state index contributed by atoms with van der Waals surface area (Å²) >= 11 is 13.7. The Hall–Kier alpha value is 0.970. The molecule has 0 aromatic carbocycles. The third-order valence-corrected chi connectivity index (χ3v) is 6.87. The number of nitrogens with one attached hydrogen (secondary N) is 2. The SMILES string of the molecule is CCC[C@@](C)(CS)NC[C@@](C)(CS)CC[C@@](C)(CS)NCC. The highest BCUT2D eigenvalue weighted by atomic mass is 32.1. The molecule has 0 amide bonds. The maximum absolute atomic E-state index is 4.62. The van der Waals surface area contributed by atoms with Gasteiger partial charge in [0, 0.05) is 29.1 Å². The standard InChI is InChI=1S/C17H38N2S3/c1-6-8-16(4,13-21)19-11-15(3,12-20)9-10-17(5,14-22)18-7-2/h18-22H,6-14H2,1-5H3/t15-,16-,17-/m0/s1. The fourth-order valence-corrected chi connectivity index (χ4v) is 3.46. The zero-order valence-corrected chi connectivity index (χ0v) is 17.9. The summed E-state index contributed by atoms with van der Waals surface area (Å²) in [6.07, 6.45) is 4.60. The summed E-state index contributed by atoms with van der Waals surface area (Å²) < 4.78 is 0. The van der Waals surface area contributed by atoms with E-state index in [4.69, 9.17) is 0 Å². The third kappa shape index (κ3) is 8.18. The van der Waals surface area contributed by atoms with E-state index in [0.29, 0.717) is 0 Å². The number of rotatable bonds is 13. The second-order valence-corrected chi connectivity index (χ2v) is 8.49. The lowest BCUT2D eigenvalue weighted by molar-refractivity contribution is 0.232. The van der Waals surface area contributed by atoms with Crippen molar-refractivity contribution in [3.63, 3.8) is 0 Å². The summed E-state index contributed by atoms with van der Waals surface area (Å²) in [5.41, 5.74) is 0.426. The van der Waals surface area contributed by atoms with Gasteiger partial charge in [-0.2, -0.15) is 37.9 Å². The Morgan fingerprint density at radius 3 is 1.68 bits per heavy atom. The van der Waals surface area contributed by atoms with Gasteiger partial charge in [-0.1, -0.05) is 27.2 Å². The van der Waals surface area contributed by atoms with Gasteiger partial charge < -0.3 is 10.6 Å². The third-order valence-electron chi connectivity index (χ3n) is 4.71. The Labute approximate surface area is 155 Å². The second-order valence-electron chi connectivity index (χ2n) is 7.54. The van der Waals surface area contributed by atoms with Gasteiger partial charge in [-0.25, -0.2) is 0 Å². The minimum absolute atomic E-state index is 0.109. The molecule has 5 heteroatoms. The summed E-state index contributed by atoms with van der Waals surface area (Å²) in [5.74, 6) is 2.62. The minimum atomic E-state index is 0.109. The molecule has 0 aromatic rings. The van der Waals surface area contributed by atoms with Crippen molar-refractivity contribution in [2.75, 3.05) is 30.3 Å². The highest BCUT2D eigenvalue weighted by Crippen LogP contribution is 2.29. The van der Waals surface area contributed by atoms with Crippen molar-refractivity contribution in [3.05, 3.63) is 0 Å². The Kier molecular flexibility index (Phi) is 11.2. The van der Waals surface area contributed by atoms with E-state index in [1.807, 2.05) is 0 Å². The molecule has 2 nitrogen and oxygen atoms in total. The summed E-state index contributed by atoms with van der Waals surface area (Å²) in [6, 6.07) is 0. The molecule has 2 N–H and O–H groups in total. The van der Waals surface area contributed by atoms with Gasteiger partial charge in [-0.05, 0) is 50.8 Å². The van der Waals surface area contributed by atoms with E-state index in [1.54, 1.807) is 0 Å². The number of hydrogen-bond acceptors (Lipinski definition) is 5. The molecule has 0 saturated carbocycles. The monoisotopic (exact) mass is 366 g/mol. The van der Waals surface area contributed by atoms with Crippen LogP contribution in [0.4, 0.5) is 0 Å². The molecule has 3 atom stereocenters. The molecule has 0 spiro atoms. The summed E-state index contributed by atoms with van der Waals surface area (Å²) in [6.45, 7) is 13.2. The number of hydrogen-bond donors (Lipinski definition) is 5. The predicted molar refractivity (Wildman–Crippen MR) is 112 cm³/mol. The maximum atomic E-state index is 4.62. The van der Waals surface area contributed by atoms with Gasteiger partial charge in [0.25, 0.3) is 0 Å². The average Bonchev–Trinajstić information content (AvgIpc) is 2.52. The molecule has 0 fully saturated rings. The van der Waals surface area contributed by atoms with Crippen LogP contribution < -0.4 is 10.6 Å². The molecule has 0 bridgehead atoms. The van der Waals surface area contributed by atoms with Crippen molar-refractivity contribution >= 4 is 37.9 Å². The van der Waals surface area contributed by atoms with Crippen molar-refractivity contribution < 1.29 is 0 Å². The Morgan fingerprint density at radius 1 is 0.727 bits per heavy atom. The van der Waals surface area contributed by atoms with Gasteiger partial charge in [0.05, 0.1) is 0 Å². The molecule has 0 unspecified atom stereocenters. The first-order valence-electron chi connectivity index (χ1n) is 8.54. The van der Waals surface area contributed by atoms with Crippen LogP contribution in [0, 0.1) is 5.41 Å². The molecule has 22 heavy (non-hydrogen) atoms. The highest BCUT2D eigenvalue weighted by molar-refractivity contribution is 7.80. The van der Waals surface area contributed by atoms with E-state index in [-0.39, 0.29) is 16.5 Å². The fraction of sp³-hybridized carbons (Fsp3) is 1.00. The number of thiol groups is 3. The predicted octanol–water partition coefficient (Wildman–Crippen LogP) is 4.08. The van der Waals surface area contributed by atoms with Crippen molar-refractivity contribution in [2.24, 2.45) is 5.41 Å². The lowest BCUT2D eigenvalue weighted by Gasteiger charge is -2.38. The van der Waals surface area contributed by atoms with Crippen LogP contribution in [-0.2, 0) is 0 Å². The summed E-state index contributed by atoms with van der Waals surface area (Å²) in [7, 11) is 0. The van der Waals surface area contributed by atoms with E-state index < -0.39 is 0 Å². The van der Waals surface area contributed by atoms with Crippen molar-refractivity contribution in [1.29, 1.82) is 0 Å². The topological polar surface area (TPSA) is 24.1 Å². The quantitative estimate of drug-likeness (QED) is 0.317. The fourth-order valence-electron chi connectivity index (χ4n) is 2.65. The zero-order valence-electron chi connectivity index (χ0n) is 15.2. The summed E-state index contributed by atoms with van der Waals surface area (Å²) in [4.78, 5) is 0. The summed E-state index contributed by atoms with van der Waals surface area (Å²) in [5, 5.41) is 7.33. The van der Waals surface area contributed by atoms with Gasteiger partial charge in [-0.3, -0.25) is 0 Å². The van der Waals surface area contributed by atoms with Crippen molar-refractivity contribution in [3.8, 4) is 0 Å². The molecule has 0 aliphatic carbocycles. The van der Waals surface area contributed by atoms with E-state index in [2.05, 4.69) is 83.1 Å². The molecular formula is C17H38N2S3. The van der Waals surface area contributed by atoms with E-state index >= 15 is 0 Å². The molecule has 0 heterocycles. The molecule has 0 aliphatic heterocycles. The highest BCUT2D eigenvalue weighted by Gasteiger charge is 2.31. The Morgan fingerprint density at radius 2 is 1.27 bits per heavy atom. The molecule has 0 aliphatic rings. The van der Waals surface area contributed by atoms with Crippen molar-refractivity contribution in [1.82, 2.24) is 10.6 Å². The van der Waals surface area contributed by atoms with Gasteiger partial charge in [0.15, 0.2) is 0 Å². The molecule has 0 rings (SSSR count). The van der Waals surface area contributed by atoms with Crippen molar-refractivity contribution in [2.45, 2.75) is 71.4 Å². The van der Waals surface area contributed by atoms with Crippen LogP contribution in [0.1, 0.15) is 60.3 Å². The first-order chi connectivity index (χ1) is 10.2. The average molecular weight is 367 g/mol. The van der Waals surface area contributed by atoms with E-state index in [1.165, 1.54) is 6.42 Å². The zero-order chi connectivity index (χ0) is 17.3. The molecule has 134 valence electrons. The molecule has 0 radical (unpaired) electrons. The normalized spacial score (nSPS) is 20.2. The second kappa shape index (κ2) is 10.8. The molecular weight excluding hydrogens is 328 g/mol. The smallest absolute Gasteiger partial charge is 0.0241 e. The molecule has 0 saturated heterocycles. The van der Waals surface area contributed by atoms with Crippen LogP contribution in [-0.4, -0.2) is 41.4 Å². The first kappa shape index (κ1) is 23.0. The lowest BCUT2D eigenvalue weighted by Crippen LogP contribution is -2.50. The van der Waals surface area contributed by atoms with Crippen LogP contribution in [0.2, 0.25) is 0 Å². The van der Waals surface area contributed by atoms with Gasteiger partial charge in [0.2, 0.25) is 0 Å². The van der Waals surface area contributed by atoms with Crippen LogP contribution >= 0.6 is 37.9 Å². The molecule has 0 aromatic heterocycles. The van der Waals surface area contributed by atoms with Gasteiger partial charge in [0.1, 0.15) is 0 Å².